The number of ether oxygens (including phenoxy) is 1. The number of carbonyl (C=O) groups excluding carboxylic acids is 1. The summed E-state index contributed by atoms with van der Waals surface area (Å²) >= 11 is 0. The molecule has 0 aliphatic carbocycles. The molecule has 33 heavy (non-hydrogen) atoms. The molecule has 3 aromatic rings. The fraction of sp³-hybridized carbons (Fsp3) is 0.280. The lowest BCUT2D eigenvalue weighted by Crippen LogP contribution is -2.25. The molecule has 4 rings (SSSR count). The molecule has 0 saturated carbocycles. The number of amides is 1. The Hall–Kier alpha value is -3.94. The van der Waals surface area contributed by atoms with Crippen LogP contribution >= 0.6 is 0 Å². The molecule has 1 amide bonds. The summed E-state index contributed by atoms with van der Waals surface area (Å²) in [5.41, 5.74) is 4.73. The SMILES string of the molecule is COc1ccc(CNC(=O)c2cc(C3=NOC(c4ccc(N(C)C)cc4)C3)nc(C)n2)cc1. The molecule has 1 atom stereocenters. The van der Waals surface area contributed by atoms with Crippen LogP contribution in [0.1, 0.15) is 45.7 Å². The quantitative estimate of drug-likeness (QED) is 0.597. The number of benzene rings is 2. The number of nitrogens with zero attached hydrogens (tertiary/aromatic N) is 4. The summed E-state index contributed by atoms with van der Waals surface area (Å²) in [6.07, 6.45) is 0.392. The Morgan fingerprint density at radius 3 is 2.52 bits per heavy atom. The number of aromatic nitrogens is 2. The van der Waals surface area contributed by atoms with E-state index in [1.807, 2.05) is 55.4 Å². The van der Waals surface area contributed by atoms with E-state index < -0.39 is 0 Å². The zero-order valence-corrected chi connectivity index (χ0v) is 19.2. The van der Waals surface area contributed by atoms with Gasteiger partial charge in [-0.3, -0.25) is 4.79 Å². The normalized spacial score (nSPS) is 14.9. The van der Waals surface area contributed by atoms with Gasteiger partial charge in [-0.15, -0.1) is 0 Å². The molecule has 2 heterocycles. The smallest absolute Gasteiger partial charge is 0.270 e. The van der Waals surface area contributed by atoms with Gasteiger partial charge in [0, 0.05) is 32.7 Å². The van der Waals surface area contributed by atoms with Crippen LogP contribution in [0.4, 0.5) is 5.69 Å². The fourth-order valence-corrected chi connectivity index (χ4v) is 3.54. The van der Waals surface area contributed by atoms with Crippen LogP contribution in [-0.2, 0) is 11.4 Å². The Morgan fingerprint density at radius 1 is 1.12 bits per heavy atom. The molecule has 0 fully saturated rings. The predicted molar refractivity (Wildman–Crippen MR) is 127 cm³/mol. The van der Waals surface area contributed by atoms with Gasteiger partial charge in [0.1, 0.15) is 23.0 Å². The summed E-state index contributed by atoms with van der Waals surface area (Å²) in [7, 11) is 5.63. The van der Waals surface area contributed by atoms with Crippen molar-refractivity contribution >= 4 is 17.3 Å². The van der Waals surface area contributed by atoms with Gasteiger partial charge in [0.15, 0.2) is 6.10 Å². The zero-order chi connectivity index (χ0) is 23.4. The molecule has 1 N–H and O–H groups in total. The summed E-state index contributed by atoms with van der Waals surface area (Å²) in [6, 6.07) is 17.4. The van der Waals surface area contributed by atoms with E-state index in [0.717, 1.165) is 22.6 Å². The first kappa shape index (κ1) is 22.3. The van der Waals surface area contributed by atoms with E-state index in [9.17, 15) is 4.79 Å². The Labute approximate surface area is 193 Å². The molecule has 1 aliphatic heterocycles. The topological polar surface area (TPSA) is 88.9 Å². The van der Waals surface area contributed by atoms with Gasteiger partial charge in [0.2, 0.25) is 0 Å². The minimum atomic E-state index is -0.270. The molecule has 0 saturated heterocycles. The molecule has 8 heteroatoms. The average Bonchev–Trinajstić information content (AvgIpc) is 3.33. The summed E-state index contributed by atoms with van der Waals surface area (Å²) in [5.74, 6) is 1.00. The first-order valence-corrected chi connectivity index (χ1v) is 10.7. The molecule has 1 aliphatic rings. The average molecular weight is 446 g/mol. The van der Waals surface area contributed by atoms with Crippen LogP contribution in [0.3, 0.4) is 0 Å². The van der Waals surface area contributed by atoms with E-state index in [1.165, 1.54) is 0 Å². The van der Waals surface area contributed by atoms with Crippen molar-refractivity contribution in [3.05, 3.63) is 82.9 Å². The largest absolute Gasteiger partial charge is 0.497 e. The van der Waals surface area contributed by atoms with Crippen LogP contribution < -0.4 is 15.0 Å². The summed E-state index contributed by atoms with van der Waals surface area (Å²) < 4.78 is 5.16. The lowest BCUT2D eigenvalue weighted by atomic mass is 10.0. The second-order valence-electron chi connectivity index (χ2n) is 8.04. The molecule has 2 aromatic carbocycles. The molecule has 0 radical (unpaired) electrons. The highest BCUT2D eigenvalue weighted by Crippen LogP contribution is 2.30. The number of hydrogen-bond donors (Lipinski definition) is 1. The van der Waals surface area contributed by atoms with Gasteiger partial charge < -0.3 is 19.8 Å². The van der Waals surface area contributed by atoms with Crippen LogP contribution in [0.2, 0.25) is 0 Å². The maximum absolute atomic E-state index is 12.7. The van der Waals surface area contributed by atoms with Crippen molar-refractivity contribution in [2.45, 2.75) is 26.0 Å². The summed E-state index contributed by atoms with van der Waals surface area (Å²) in [6.45, 7) is 2.15. The van der Waals surface area contributed by atoms with E-state index in [-0.39, 0.29) is 12.0 Å². The van der Waals surface area contributed by atoms with Gasteiger partial charge in [-0.2, -0.15) is 0 Å². The van der Waals surface area contributed by atoms with Gasteiger partial charge in [-0.05, 0) is 48.4 Å². The molecular formula is C25H27N5O3. The second kappa shape index (κ2) is 9.68. The Morgan fingerprint density at radius 2 is 1.85 bits per heavy atom. The minimum Gasteiger partial charge on any atom is -0.497 e. The number of rotatable bonds is 7. The van der Waals surface area contributed by atoms with Crippen molar-refractivity contribution in [2.24, 2.45) is 5.16 Å². The maximum atomic E-state index is 12.7. The van der Waals surface area contributed by atoms with Crippen LogP contribution in [0, 0.1) is 6.92 Å². The van der Waals surface area contributed by atoms with E-state index in [2.05, 4.69) is 32.6 Å². The molecule has 1 unspecified atom stereocenters. The third-order valence-corrected chi connectivity index (χ3v) is 5.43. The van der Waals surface area contributed by atoms with Crippen molar-refractivity contribution in [2.75, 3.05) is 26.1 Å². The van der Waals surface area contributed by atoms with Gasteiger partial charge in [-0.1, -0.05) is 29.4 Å². The van der Waals surface area contributed by atoms with Crippen LogP contribution in [-0.4, -0.2) is 42.8 Å². The number of carbonyl (C=O) groups is 1. The molecule has 1 aromatic heterocycles. The Bertz CT molecular complexity index is 1160. The lowest BCUT2D eigenvalue weighted by molar-refractivity contribution is 0.0857. The molecule has 170 valence electrons. The highest BCUT2D eigenvalue weighted by Gasteiger charge is 2.26. The van der Waals surface area contributed by atoms with E-state index in [0.29, 0.717) is 35.9 Å². The Kier molecular flexibility index (Phi) is 6.53. The van der Waals surface area contributed by atoms with Crippen molar-refractivity contribution in [3.63, 3.8) is 0 Å². The highest BCUT2D eigenvalue weighted by atomic mass is 16.6. The van der Waals surface area contributed by atoms with Gasteiger partial charge in [0.25, 0.3) is 5.91 Å². The first-order chi connectivity index (χ1) is 15.9. The van der Waals surface area contributed by atoms with Gasteiger partial charge in [-0.25, -0.2) is 9.97 Å². The predicted octanol–water partition coefficient (Wildman–Crippen LogP) is 3.66. The number of oxime groups is 1. The van der Waals surface area contributed by atoms with Crippen molar-refractivity contribution < 1.29 is 14.4 Å². The van der Waals surface area contributed by atoms with Gasteiger partial charge in [0.05, 0.1) is 12.8 Å². The fourth-order valence-electron chi connectivity index (χ4n) is 3.54. The van der Waals surface area contributed by atoms with Crippen molar-refractivity contribution in [1.29, 1.82) is 0 Å². The number of nitrogens with one attached hydrogen (secondary N) is 1. The number of aryl methyl sites for hydroxylation is 1. The molecule has 8 nitrogen and oxygen atoms in total. The van der Waals surface area contributed by atoms with Crippen LogP contribution in [0.25, 0.3) is 0 Å². The second-order valence-corrected chi connectivity index (χ2v) is 8.04. The van der Waals surface area contributed by atoms with Crippen LogP contribution in [0.5, 0.6) is 5.75 Å². The number of methoxy groups -OCH3 is 1. The molecular weight excluding hydrogens is 418 g/mol. The summed E-state index contributed by atoms with van der Waals surface area (Å²) in [4.78, 5) is 29.2. The van der Waals surface area contributed by atoms with Gasteiger partial charge >= 0.3 is 0 Å². The zero-order valence-electron chi connectivity index (χ0n) is 19.2. The van der Waals surface area contributed by atoms with Crippen molar-refractivity contribution in [1.82, 2.24) is 15.3 Å². The molecule has 0 bridgehead atoms. The third-order valence-electron chi connectivity index (χ3n) is 5.43. The first-order valence-electron chi connectivity index (χ1n) is 10.7. The van der Waals surface area contributed by atoms with Crippen molar-refractivity contribution in [3.8, 4) is 5.75 Å². The number of hydrogen-bond acceptors (Lipinski definition) is 7. The monoisotopic (exact) mass is 445 g/mol. The van der Waals surface area contributed by atoms with E-state index in [1.54, 1.807) is 20.1 Å². The van der Waals surface area contributed by atoms with Crippen LogP contribution in [0.15, 0.2) is 59.8 Å². The third kappa shape index (κ3) is 5.28. The standard InChI is InChI=1S/C25H27N5O3/c1-16-27-21(22-14-24(33-29-22)18-7-9-19(10-8-18)30(2)3)13-23(28-16)25(31)26-15-17-5-11-20(32-4)12-6-17/h5-13,24H,14-15H2,1-4H3,(H,26,31). The summed E-state index contributed by atoms with van der Waals surface area (Å²) in [5, 5.41) is 7.15. The van der Waals surface area contributed by atoms with E-state index >= 15 is 0 Å². The highest BCUT2D eigenvalue weighted by molar-refractivity contribution is 6.02. The Balaban J connectivity index is 1.42. The lowest BCUT2D eigenvalue weighted by Gasteiger charge is -2.14. The maximum Gasteiger partial charge on any atom is 0.270 e. The molecule has 0 spiro atoms. The minimum absolute atomic E-state index is 0.182. The number of anilines is 1. The van der Waals surface area contributed by atoms with E-state index in [4.69, 9.17) is 9.57 Å².